The second kappa shape index (κ2) is 6.06. The van der Waals surface area contributed by atoms with Crippen molar-refractivity contribution in [3.8, 4) is 5.75 Å². The highest BCUT2D eigenvalue weighted by Gasteiger charge is 2.13. The Morgan fingerprint density at radius 2 is 1.90 bits per heavy atom. The molecule has 1 unspecified atom stereocenters. The van der Waals surface area contributed by atoms with Crippen molar-refractivity contribution in [2.45, 2.75) is 39.8 Å². The quantitative estimate of drug-likeness (QED) is 0.924. The van der Waals surface area contributed by atoms with Gasteiger partial charge in [-0.15, -0.1) is 0 Å². The average Bonchev–Trinajstić information content (AvgIpc) is 2.41. The van der Waals surface area contributed by atoms with E-state index in [-0.39, 0.29) is 12.1 Å². The van der Waals surface area contributed by atoms with Crippen molar-refractivity contribution in [1.29, 1.82) is 0 Å². The zero-order valence-electron chi connectivity index (χ0n) is 12.6. The van der Waals surface area contributed by atoms with Gasteiger partial charge in [0, 0.05) is 6.20 Å². The molecular formula is C17H22N2O. The maximum Gasteiger partial charge on any atom is 0.138 e. The molecule has 0 aliphatic rings. The van der Waals surface area contributed by atoms with Crippen LogP contribution in [0, 0.1) is 13.8 Å². The summed E-state index contributed by atoms with van der Waals surface area (Å²) in [6.07, 6.45) is 3.66. The summed E-state index contributed by atoms with van der Waals surface area (Å²) in [4.78, 5) is 4.23. The van der Waals surface area contributed by atoms with Crippen LogP contribution in [-0.4, -0.2) is 11.1 Å². The molecular weight excluding hydrogens is 248 g/mol. The van der Waals surface area contributed by atoms with Gasteiger partial charge in [0.1, 0.15) is 5.75 Å². The van der Waals surface area contributed by atoms with Gasteiger partial charge in [0.05, 0.1) is 18.3 Å². The molecule has 0 radical (unpaired) electrons. The summed E-state index contributed by atoms with van der Waals surface area (Å²) in [5, 5.41) is 0. The van der Waals surface area contributed by atoms with Crippen molar-refractivity contribution in [3.05, 3.63) is 58.9 Å². The number of aromatic nitrogens is 1. The zero-order valence-corrected chi connectivity index (χ0v) is 12.6. The van der Waals surface area contributed by atoms with Gasteiger partial charge >= 0.3 is 0 Å². The largest absolute Gasteiger partial charge is 0.489 e. The van der Waals surface area contributed by atoms with Crippen LogP contribution >= 0.6 is 0 Å². The number of ether oxygens (including phenoxy) is 1. The molecule has 2 rings (SSSR count). The van der Waals surface area contributed by atoms with E-state index in [9.17, 15) is 0 Å². The summed E-state index contributed by atoms with van der Waals surface area (Å²) < 4.78 is 5.68. The zero-order chi connectivity index (χ0) is 14.7. The molecule has 106 valence electrons. The Hall–Kier alpha value is -1.87. The van der Waals surface area contributed by atoms with Gasteiger partial charge in [0.25, 0.3) is 0 Å². The normalized spacial score (nSPS) is 12.5. The molecule has 3 heteroatoms. The number of nitrogens with two attached hydrogens (primary N) is 1. The standard InChI is InChI=1S/C17H22N2O/c1-11(2)20-15-8-14(9-19-10-15)17(18)16-7-5-6-12(3)13(16)4/h5-11,17H,18H2,1-4H3. The van der Waals surface area contributed by atoms with E-state index in [1.54, 1.807) is 12.4 Å². The number of rotatable bonds is 4. The number of hydrogen-bond acceptors (Lipinski definition) is 3. The minimum Gasteiger partial charge on any atom is -0.489 e. The molecule has 0 aliphatic carbocycles. The first-order valence-electron chi connectivity index (χ1n) is 6.92. The van der Waals surface area contributed by atoms with Crippen LogP contribution in [-0.2, 0) is 0 Å². The molecule has 1 heterocycles. The number of aryl methyl sites for hydroxylation is 1. The molecule has 0 saturated carbocycles. The topological polar surface area (TPSA) is 48.1 Å². The van der Waals surface area contributed by atoms with Gasteiger partial charge in [-0.3, -0.25) is 4.98 Å². The van der Waals surface area contributed by atoms with Crippen molar-refractivity contribution >= 4 is 0 Å². The van der Waals surface area contributed by atoms with Crippen molar-refractivity contribution in [2.75, 3.05) is 0 Å². The number of pyridine rings is 1. The van der Waals surface area contributed by atoms with Crippen molar-refractivity contribution in [2.24, 2.45) is 5.73 Å². The Morgan fingerprint density at radius 3 is 2.60 bits per heavy atom. The lowest BCUT2D eigenvalue weighted by molar-refractivity contribution is 0.241. The average molecular weight is 270 g/mol. The van der Waals surface area contributed by atoms with Crippen LogP contribution in [0.25, 0.3) is 0 Å². The molecule has 0 saturated heterocycles. The fourth-order valence-corrected chi connectivity index (χ4v) is 2.23. The van der Waals surface area contributed by atoms with E-state index in [2.05, 4.69) is 31.0 Å². The van der Waals surface area contributed by atoms with Crippen molar-refractivity contribution in [3.63, 3.8) is 0 Å². The molecule has 0 bridgehead atoms. The SMILES string of the molecule is Cc1cccc(C(N)c2cncc(OC(C)C)c2)c1C. The molecule has 0 fully saturated rings. The van der Waals surface area contributed by atoms with E-state index in [1.165, 1.54) is 11.1 Å². The highest BCUT2D eigenvalue weighted by molar-refractivity contribution is 5.41. The van der Waals surface area contributed by atoms with Gasteiger partial charge in [0.2, 0.25) is 0 Å². The summed E-state index contributed by atoms with van der Waals surface area (Å²) in [7, 11) is 0. The lowest BCUT2D eigenvalue weighted by Gasteiger charge is -2.17. The fourth-order valence-electron chi connectivity index (χ4n) is 2.23. The molecule has 0 spiro atoms. The summed E-state index contributed by atoms with van der Waals surface area (Å²) in [6.45, 7) is 8.20. The third-order valence-electron chi connectivity index (χ3n) is 3.45. The Morgan fingerprint density at radius 1 is 1.15 bits per heavy atom. The van der Waals surface area contributed by atoms with Crippen molar-refractivity contribution in [1.82, 2.24) is 4.98 Å². The van der Waals surface area contributed by atoms with Gasteiger partial charge in [-0.25, -0.2) is 0 Å². The predicted molar refractivity (Wildman–Crippen MR) is 81.9 cm³/mol. The predicted octanol–water partition coefficient (Wildman–Crippen LogP) is 3.53. The van der Waals surface area contributed by atoms with Gasteiger partial charge < -0.3 is 10.5 Å². The van der Waals surface area contributed by atoms with Crippen LogP contribution in [0.2, 0.25) is 0 Å². The lowest BCUT2D eigenvalue weighted by atomic mass is 9.94. The van der Waals surface area contributed by atoms with E-state index in [0.717, 1.165) is 16.9 Å². The first-order valence-corrected chi connectivity index (χ1v) is 6.92. The van der Waals surface area contributed by atoms with E-state index in [4.69, 9.17) is 10.5 Å². The van der Waals surface area contributed by atoms with Crippen LogP contribution in [0.3, 0.4) is 0 Å². The number of benzene rings is 1. The van der Waals surface area contributed by atoms with Gasteiger partial charge in [-0.1, -0.05) is 18.2 Å². The smallest absolute Gasteiger partial charge is 0.138 e. The second-order valence-corrected chi connectivity index (χ2v) is 5.39. The van der Waals surface area contributed by atoms with Crippen molar-refractivity contribution < 1.29 is 4.74 Å². The summed E-state index contributed by atoms with van der Waals surface area (Å²) >= 11 is 0. The fraction of sp³-hybridized carbons (Fsp3) is 0.353. The summed E-state index contributed by atoms with van der Waals surface area (Å²) in [6, 6.07) is 8.00. The molecule has 0 amide bonds. The minimum absolute atomic E-state index is 0.129. The van der Waals surface area contributed by atoms with E-state index in [0.29, 0.717) is 0 Å². The first-order chi connectivity index (χ1) is 9.49. The lowest BCUT2D eigenvalue weighted by Crippen LogP contribution is -2.14. The number of nitrogens with zero attached hydrogens (tertiary/aromatic N) is 1. The van der Waals surface area contributed by atoms with Gasteiger partial charge in [-0.05, 0) is 56.0 Å². The molecule has 0 aliphatic heterocycles. The molecule has 1 atom stereocenters. The molecule has 2 aromatic rings. The van der Waals surface area contributed by atoms with E-state index < -0.39 is 0 Å². The van der Waals surface area contributed by atoms with Gasteiger partial charge in [-0.2, -0.15) is 0 Å². The Balaban J connectivity index is 2.33. The minimum atomic E-state index is -0.182. The van der Waals surface area contributed by atoms with Crippen LogP contribution in [0.15, 0.2) is 36.7 Å². The Bertz CT molecular complexity index is 593. The second-order valence-electron chi connectivity index (χ2n) is 5.39. The highest BCUT2D eigenvalue weighted by Crippen LogP contribution is 2.26. The first kappa shape index (κ1) is 14.5. The third kappa shape index (κ3) is 3.17. The Labute approximate surface area is 120 Å². The van der Waals surface area contributed by atoms with Crippen LogP contribution in [0.5, 0.6) is 5.75 Å². The molecule has 1 aromatic heterocycles. The monoisotopic (exact) mass is 270 g/mol. The maximum absolute atomic E-state index is 6.39. The van der Waals surface area contributed by atoms with Gasteiger partial charge in [0.15, 0.2) is 0 Å². The Kier molecular flexibility index (Phi) is 4.40. The molecule has 20 heavy (non-hydrogen) atoms. The van der Waals surface area contributed by atoms with Crippen LogP contribution in [0.1, 0.15) is 42.1 Å². The van der Waals surface area contributed by atoms with Crippen LogP contribution < -0.4 is 10.5 Å². The summed E-state index contributed by atoms with van der Waals surface area (Å²) in [5.41, 5.74) is 11.0. The molecule has 3 nitrogen and oxygen atoms in total. The highest BCUT2D eigenvalue weighted by atomic mass is 16.5. The van der Waals surface area contributed by atoms with Crippen LogP contribution in [0.4, 0.5) is 0 Å². The number of hydrogen-bond donors (Lipinski definition) is 1. The van der Waals surface area contributed by atoms with E-state index in [1.807, 2.05) is 26.0 Å². The maximum atomic E-state index is 6.39. The molecule has 1 aromatic carbocycles. The third-order valence-corrected chi connectivity index (χ3v) is 3.45. The molecule has 2 N–H and O–H groups in total. The van der Waals surface area contributed by atoms with E-state index >= 15 is 0 Å². The summed E-state index contributed by atoms with van der Waals surface area (Å²) in [5.74, 6) is 0.762.